The van der Waals surface area contributed by atoms with Crippen LogP contribution >= 0.6 is 0 Å². The van der Waals surface area contributed by atoms with Crippen molar-refractivity contribution in [2.45, 2.75) is 65.2 Å². The van der Waals surface area contributed by atoms with E-state index in [9.17, 15) is 0 Å². The first-order chi connectivity index (χ1) is 9.11. The van der Waals surface area contributed by atoms with Gasteiger partial charge in [-0.15, -0.1) is 0 Å². The zero-order valence-electron chi connectivity index (χ0n) is 12.4. The van der Waals surface area contributed by atoms with Gasteiger partial charge in [0.25, 0.3) is 0 Å². The molecule has 1 aromatic rings. The molecule has 0 aromatic carbocycles. The Balaban J connectivity index is 1.60. The lowest BCUT2D eigenvalue weighted by atomic mass is 10.1. The van der Waals surface area contributed by atoms with Crippen LogP contribution in [0.15, 0.2) is 10.5 Å². The van der Waals surface area contributed by atoms with Crippen LogP contribution in [-0.2, 0) is 13.1 Å². The van der Waals surface area contributed by atoms with Crippen LogP contribution in [0.4, 0.5) is 0 Å². The highest BCUT2D eigenvalue weighted by Gasteiger charge is 2.27. The number of rotatable bonds is 5. The molecule has 2 heterocycles. The van der Waals surface area contributed by atoms with E-state index in [4.69, 9.17) is 4.42 Å². The second kappa shape index (κ2) is 5.29. The molecule has 0 amide bonds. The van der Waals surface area contributed by atoms with Crippen LogP contribution in [0.3, 0.4) is 0 Å². The molecule has 2 unspecified atom stereocenters. The van der Waals surface area contributed by atoms with Crippen molar-refractivity contribution >= 4 is 0 Å². The summed E-state index contributed by atoms with van der Waals surface area (Å²) in [4.78, 5) is 2.58. The first kappa shape index (κ1) is 13.2. The Kier molecular flexibility index (Phi) is 3.68. The van der Waals surface area contributed by atoms with Crippen molar-refractivity contribution in [3.8, 4) is 0 Å². The number of hydrogen-bond acceptors (Lipinski definition) is 3. The van der Waals surface area contributed by atoms with E-state index in [0.29, 0.717) is 6.04 Å². The molecule has 2 fully saturated rings. The van der Waals surface area contributed by atoms with Crippen LogP contribution < -0.4 is 5.32 Å². The minimum absolute atomic E-state index is 0.706. The summed E-state index contributed by atoms with van der Waals surface area (Å²) in [5.74, 6) is 3.02. The average Bonchev–Trinajstić information content (AvgIpc) is 3.04. The molecule has 1 aliphatic heterocycles. The van der Waals surface area contributed by atoms with Gasteiger partial charge < -0.3 is 9.73 Å². The molecule has 106 valence electrons. The zero-order valence-corrected chi connectivity index (χ0v) is 12.4. The maximum atomic E-state index is 5.88. The lowest BCUT2D eigenvalue weighted by Gasteiger charge is -2.20. The predicted octanol–water partition coefficient (Wildman–Crippen LogP) is 3.07. The van der Waals surface area contributed by atoms with Gasteiger partial charge in [0.05, 0.1) is 6.54 Å². The number of hydrogen-bond donors (Lipinski definition) is 1. The third-order valence-corrected chi connectivity index (χ3v) is 4.50. The van der Waals surface area contributed by atoms with E-state index in [2.05, 4.69) is 37.1 Å². The molecule has 1 aliphatic carbocycles. The van der Waals surface area contributed by atoms with Crippen LogP contribution in [0.1, 0.15) is 50.2 Å². The first-order valence-corrected chi connectivity index (χ1v) is 7.67. The smallest absolute Gasteiger partial charge is 0.118 e. The Morgan fingerprint density at radius 3 is 2.79 bits per heavy atom. The quantitative estimate of drug-likeness (QED) is 0.884. The normalized spacial score (nSPS) is 28.2. The number of furan rings is 1. The Bertz CT molecular complexity index is 436. The number of likely N-dealkylation sites (tertiary alicyclic amines) is 1. The van der Waals surface area contributed by atoms with Crippen molar-refractivity contribution in [3.63, 3.8) is 0 Å². The van der Waals surface area contributed by atoms with E-state index < -0.39 is 0 Å². The fraction of sp³-hybridized carbons (Fsp3) is 0.750. The highest BCUT2D eigenvalue weighted by atomic mass is 16.3. The van der Waals surface area contributed by atoms with Crippen LogP contribution in [-0.4, -0.2) is 23.5 Å². The third kappa shape index (κ3) is 3.21. The minimum atomic E-state index is 0.706. The van der Waals surface area contributed by atoms with E-state index in [1.807, 2.05) is 0 Å². The number of nitrogens with zero attached hydrogens (tertiary/aromatic N) is 1. The van der Waals surface area contributed by atoms with E-state index in [0.717, 1.165) is 36.6 Å². The first-order valence-electron chi connectivity index (χ1n) is 7.67. The van der Waals surface area contributed by atoms with Crippen molar-refractivity contribution in [3.05, 3.63) is 23.2 Å². The van der Waals surface area contributed by atoms with Crippen molar-refractivity contribution < 1.29 is 4.42 Å². The van der Waals surface area contributed by atoms with Crippen LogP contribution in [0, 0.1) is 12.8 Å². The van der Waals surface area contributed by atoms with Crippen LogP contribution in [0.2, 0.25) is 0 Å². The highest BCUT2D eigenvalue weighted by molar-refractivity contribution is 5.21. The molecule has 3 heteroatoms. The van der Waals surface area contributed by atoms with E-state index in [-0.39, 0.29) is 0 Å². The SMILES string of the molecule is Cc1oc(CNC2CC2)cc1CN1CC(C)CC1C. The van der Waals surface area contributed by atoms with Gasteiger partial charge in [-0.3, -0.25) is 4.90 Å². The summed E-state index contributed by atoms with van der Waals surface area (Å²) in [6.45, 7) is 9.95. The van der Waals surface area contributed by atoms with E-state index in [1.165, 1.54) is 31.4 Å². The molecular weight excluding hydrogens is 236 g/mol. The van der Waals surface area contributed by atoms with Gasteiger partial charge in [-0.25, -0.2) is 0 Å². The van der Waals surface area contributed by atoms with Crippen LogP contribution in [0.5, 0.6) is 0 Å². The Morgan fingerprint density at radius 2 is 2.16 bits per heavy atom. The molecule has 2 atom stereocenters. The Hall–Kier alpha value is -0.800. The molecule has 0 spiro atoms. The lowest BCUT2D eigenvalue weighted by molar-refractivity contribution is 0.255. The average molecular weight is 262 g/mol. The molecule has 19 heavy (non-hydrogen) atoms. The van der Waals surface area contributed by atoms with Gasteiger partial charge in [0, 0.05) is 30.7 Å². The molecule has 0 bridgehead atoms. The fourth-order valence-electron chi connectivity index (χ4n) is 3.19. The van der Waals surface area contributed by atoms with Gasteiger partial charge in [0.15, 0.2) is 0 Å². The van der Waals surface area contributed by atoms with Gasteiger partial charge in [-0.2, -0.15) is 0 Å². The molecule has 1 N–H and O–H groups in total. The molecule has 0 radical (unpaired) electrons. The van der Waals surface area contributed by atoms with Gasteiger partial charge in [-0.05, 0) is 45.1 Å². The summed E-state index contributed by atoms with van der Waals surface area (Å²) in [7, 11) is 0. The maximum absolute atomic E-state index is 5.88. The molecule has 3 rings (SSSR count). The number of nitrogens with one attached hydrogen (secondary N) is 1. The lowest BCUT2D eigenvalue weighted by Crippen LogP contribution is -2.26. The molecular formula is C16H26N2O. The standard InChI is InChI=1S/C16H26N2O/c1-11-6-12(2)18(9-11)10-14-7-16(19-13(14)3)8-17-15-4-5-15/h7,11-12,15,17H,4-6,8-10H2,1-3H3. The van der Waals surface area contributed by atoms with Crippen molar-refractivity contribution in [1.29, 1.82) is 0 Å². The molecule has 1 saturated heterocycles. The largest absolute Gasteiger partial charge is 0.465 e. The molecule has 1 aromatic heterocycles. The van der Waals surface area contributed by atoms with Gasteiger partial charge in [-0.1, -0.05) is 6.92 Å². The Labute approximate surface area is 116 Å². The summed E-state index contributed by atoms with van der Waals surface area (Å²) in [5.41, 5.74) is 1.37. The summed E-state index contributed by atoms with van der Waals surface area (Å²) >= 11 is 0. The number of aryl methyl sites for hydroxylation is 1. The van der Waals surface area contributed by atoms with Gasteiger partial charge in [0.1, 0.15) is 11.5 Å². The summed E-state index contributed by atoms with van der Waals surface area (Å²) in [6, 6.07) is 3.70. The molecule has 3 nitrogen and oxygen atoms in total. The predicted molar refractivity (Wildman–Crippen MR) is 77.0 cm³/mol. The van der Waals surface area contributed by atoms with Crippen molar-refractivity contribution in [2.24, 2.45) is 5.92 Å². The van der Waals surface area contributed by atoms with E-state index >= 15 is 0 Å². The maximum Gasteiger partial charge on any atom is 0.118 e. The third-order valence-electron chi connectivity index (χ3n) is 4.50. The summed E-state index contributed by atoms with van der Waals surface area (Å²) < 4.78 is 5.88. The monoisotopic (exact) mass is 262 g/mol. The second-order valence-electron chi connectivity index (χ2n) is 6.57. The second-order valence-corrected chi connectivity index (χ2v) is 6.57. The van der Waals surface area contributed by atoms with Gasteiger partial charge in [0.2, 0.25) is 0 Å². The highest BCUT2D eigenvalue weighted by Crippen LogP contribution is 2.26. The van der Waals surface area contributed by atoms with Crippen molar-refractivity contribution in [2.75, 3.05) is 6.54 Å². The topological polar surface area (TPSA) is 28.4 Å². The van der Waals surface area contributed by atoms with E-state index in [1.54, 1.807) is 0 Å². The van der Waals surface area contributed by atoms with Crippen LogP contribution in [0.25, 0.3) is 0 Å². The zero-order chi connectivity index (χ0) is 13.4. The summed E-state index contributed by atoms with van der Waals surface area (Å²) in [5, 5.41) is 3.52. The summed E-state index contributed by atoms with van der Waals surface area (Å²) in [6.07, 6.45) is 3.98. The Morgan fingerprint density at radius 1 is 1.37 bits per heavy atom. The van der Waals surface area contributed by atoms with Crippen molar-refractivity contribution in [1.82, 2.24) is 10.2 Å². The molecule has 1 saturated carbocycles. The fourth-order valence-corrected chi connectivity index (χ4v) is 3.19. The molecule has 2 aliphatic rings. The van der Waals surface area contributed by atoms with Gasteiger partial charge >= 0.3 is 0 Å². The minimum Gasteiger partial charge on any atom is -0.465 e.